The lowest BCUT2D eigenvalue weighted by Gasteiger charge is -2.22. The van der Waals surface area contributed by atoms with Crippen molar-refractivity contribution in [3.05, 3.63) is 88.5 Å². The molecule has 1 amide bonds. The van der Waals surface area contributed by atoms with Crippen LogP contribution in [0.25, 0.3) is 0 Å². The molecular weight excluding hydrogens is 357 g/mol. The van der Waals surface area contributed by atoms with Crippen molar-refractivity contribution in [2.75, 3.05) is 13.2 Å². The average Bonchev–Trinajstić information content (AvgIpc) is 3.12. The van der Waals surface area contributed by atoms with E-state index in [9.17, 15) is 9.18 Å². The summed E-state index contributed by atoms with van der Waals surface area (Å²) in [5.74, 6) is -0.694. The summed E-state index contributed by atoms with van der Waals surface area (Å²) in [4.78, 5) is 12.5. The first-order chi connectivity index (χ1) is 13.6. The maximum atomic E-state index is 13.7. The van der Waals surface area contributed by atoms with Gasteiger partial charge < -0.3 is 10.1 Å². The SMILES string of the molecule is Cc1c(F)cccc1C(=O)NC[C@H]1OCCc2cn(Cc3ccccc3)nc21. The highest BCUT2D eigenvalue weighted by Gasteiger charge is 2.25. The Bertz CT molecular complexity index is 985. The van der Waals surface area contributed by atoms with Crippen molar-refractivity contribution in [2.24, 2.45) is 0 Å². The Kier molecular flexibility index (Phi) is 5.21. The number of fused-ring (bicyclic) bond motifs is 1. The van der Waals surface area contributed by atoms with Crippen LogP contribution < -0.4 is 5.32 Å². The van der Waals surface area contributed by atoms with E-state index in [1.165, 1.54) is 17.7 Å². The molecule has 1 N–H and O–H groups in total. The number of halogens is 1. The van der Waals surface area contributed by atoms with Gasteiger partial charge in [0.25, 0.3) is 5.91 Å². The fourth-order valence-corrected chi connectivity index (χ4v) is 3.47. The number of aromatic nitrogens is 2. The van der Waals surface area contributed by atoms with Gasteiger partial charge in [0.1, 0.15) is 11.9 Å². The van der Waals surface area contributed by atoms with E-state index in [0.717, 1.165) is 17.7 Å². The van der Waals surface area contributed by atoms with Gasteiger partial charge in [-0.05, 0) is 42.2 Å². The molecule has 0 saturated carbocycles. The van der Waals surface area contributed by atoms with Crippen molar-refractivity contribution >= 4 is 5.91 Å². The first kappa shape index (κ1) is 18.4. The topological polar surface area (TPSA) is 56.1 Å². The zero-order valence-corrected chi connectivity index (χ0v) is 15.7. The number of carbonyl (C=O) groups is 1. The minimum Gasteiger partial charge on any atom is -0.370 e. The highest BCUT2D eigenvalue weighted by Crippen LogP contribution is 2.25. The summed E-state index contributed by atoms with van der Waals surface area (Å²) >= 11 is 0. The first-order valence-corrected chi connectivity index (χ1v) is 9.37. The molecule has 1 aliphatic rings. The van der Waals surface area contributed by atoms with Crippen LogP contribution in [0.2, 0.25) is 0 Å². The van der Waals surface area contributed by atoms with Gasteiger partial charge in [0.15, 0.2) is 0 Å². The first-order valence-electron chi connectivity index (χ1n) is 9.37. The number of nitrogens with one attached hydrogen (secondary N) is 1. The molecule has 0 spiro atoms. The highest BCUT2D eigenvalue weighted by atomic mass is 19.1. The molecule has 0 aliphatic carbocycles. The van der Waals surface area contributed by atoms with Crippen LogP contribution in [0, 0.1) is 12.7 Å². The molecule has 1 aromatic heterocycles. The van der Waals surface area contributed by atoms with Crippen molar-refractivity contribution < 1.29 is 13.9 Å². The lowest BCUT2D eigenvalue weighted by atomic mass is 10.1. The van der Waals surface area contributed by atoms with Gasteiger partial charge in [-0.1, -0.05) is 36.4 Å². The number of hydrogen-bond donors (Lipinski definition) is 1. The van der Waals surface area contributed by atoms with Crippen molar-refractivity contribution in [1.29, 1.82) is 0 Å². The van der Waals surface area contributed by atoms with E-state index in [0.29, 0.717) is 30.8 Å². The fraction of sp³-hybridized carbons (Fsp3) is 0.273. The quantitative estimate of drug-likeness (QED) is 0.739. The Hall–Kier alpha value is -2.99. The molecule has 0 radical (unpaired) electrons. The van der Waals surface area contributed by atoms with Gasteiger partial charge >= 0.3 is 0 Å². The number of rotatable bonds is 5. The van der Waals surface area contributed by atoms with Crippen LogP contribution in [0.15, 0.2) is 54.7 Å². The van der Waals surface area contributed by atoms with Gasteiger partial charge in [-0.25, -0.2) is 4.39 Å². The van der Waals surface area contributed by atoms with Gasteiger partial charge in [-0.2, -0.15) is 5.10 Å². The zero-order chi connectivity index (χ0) is 19.5. The van der Waals surface area contributed by atoms with Crippen LogP contribution in [-0.4, -0.2) is 28.8 Å². The van der Waals surface area contributed by atoms with Gasteiger partial charge in [0, 0.05) is 18.3 Å². The molecule has 3 aromatic rings. The van der Waals surface area contributed by atoms with Gasteiger partial charge in [-0.3, -0.25) is 9.48 Å². The minimum atomic E-state index is -0.386. The van der Waals surface area contributed by atoms with E-state index in [-0.39, 0.29) is 17.8 Å². The summed E-state index contributed by atoms with van der Waals surface area (Å²) in [6, 6.07) is 14.6. The monoisotopic (exact) mass is 379 g/mol. The molecule has 6 heteroatoms. The maximum absolute atomic E-state index is 13.7. The Morgan fingerprint density at radius 2 is 2.07 bits per heavy atom. The Balaban J connectivity index is 1.46. The van der Waals surface area contributed by atoms with Crippen LogP contribution in [0.1, 0.15) is 38.8 Å². The number of hydrogen-bond acceptors (Lipinski definition) is 3. The van der Waals surface area contributed by atoms with E-state index < -0.39 is 0 Å². The zero-order valence-electron chi connectivity index (χ0n) is 15.7. The standard InChI is InChI=1S/C22H22FN3O2/c1-15-18(8-5-9-19(15)23)22(27)24-12-20-21-17(10-11-28-20)14-26(25-21)13-16-6-3-2-4-7-16/h2-9,14,20H,10-13H2,1H3,(H,24,27)/t20-/m1/s1. The minimum absolute atomic E-state index is 0.296. The number of carbonyl (C=O) groups excluding carboxylic acids is 1. The Labute approximate surface area is 163 Å². The molecule has 28 heavy (non-hydrogen) atoms. The lowest BCUT2D eigenvalue weighted by Crippen LogP contribution is -2.32. The van der Waals surface area contributed by atoms with Gasteiger partial charge in [-0.15, -0.1) is 0 Å². The van der Waals surface area contributed by atoms with Gasteiger partial charge in [0.05, 0.1) is 18.8 Å². The second-order valence-corrected chi connectivity index (χ2v) is 6.95. The van der Waals surface area contributed by atoms with Crippen LogP contribution in [-0.2, 0) is 17.7 Å². The second-order valence-electron chi connectivity index (χ2n) is 6.95. The molecule has 0 saturated heterocycles. The van der Waals surface area contributed by atoms with Crippen molar-refractivity contribution in [3.63, 3.8) is 0 Å². The second kappa shape index (κ2) is 7.94. The van der Waals surface area contributed by atoms with E-state index in [4.69, 9.17) is 9.84 Å². The molecule has 1 atom stereocenters. The average molecular weight is 379 g/mol. The fourth-order valence-electron chi connectivity index (χ4n) is 3.47. The van der Waals surface area contributed by atoms with Gasteiger partial charge in [0.2, 0.25) is 0 Å². The summed E-state index contributed by atoms with van der Waals surface area (Å²) in [5.41, 5.74) is 3.86. The largest absolute Gasteiger partial charge is 0.370 e. The summed E-state index contributed by atoms with van der Waals surface area (Å²) < 4.78 is 21.5. The molecule has 2 aromatic carbocycles. The van der Waals surface area contributed by atoms with Crippen LogP contribution in [0.5, 0.6) is 0 Å². The molecule has 4 rings (SSSR count). The normalized spacial score (nSPS) is 15.9. The van der Waals surface area contributed by atoms with E-state index in [1.54, 1.807) is 13.0 Å². The summed E-state index contributed by atoms with van der Waals surface area (Å²) in [6.45, 7) is 3.17. The smallest absolute Gasteiger partial charge is 0.251 e. The summed E-state index contributed by atoms with van der Waals surface area (Å²) in [6.07, 6.45) is 2.55. The molecule has 144 valence electrons. The van der Waals surface area contributed by atoms with Crippen molar-refractivity contribution in [2.45, 2.75) is 26.0 Å². The molecule has 0 unspecified atom stereocenters. The van der Waals surface area contributed by atoms with Crippen LogP contribution in [0.4, 0.5) is 4.39 Å². The molecule has 2 heterocycles. The summed E-state index contributed by atoms with van der Waals surface area (Å²) in [7, 11) is 0. The number of benzene rings is 2. The molecular formula is C22H22FN3O2. The third-order valence-corrected chi connectivity index (χ3v) is 5.01. The Morgan fingerprint density at radius 1 is 1.25 bits per heavy atom. The number of nitrogens with zero attached hydrogens (tertiary/aromatic N) is 2. The molecule has 1 aliphatic heterocycles. The van der Waals surface area contributed by atoms with Crippen molar-refractivity contribution in [1.82, 2.24) is 15.1 Å². The predicted molar refractivity (Wildman–Crippen MR) is 104 cm³/mol. The third kappa shape index (κ3) is 3.82. The lowest BCUT2D eigenvalue weighted by molar-refractivity contribution is 0.0383. The van der Waals surface area contributed by atoms with E-state index in [2.05, 4.69) is 23.6 Å². The van der Waals surface area contributed by atoms with E-state index >= 15 is 0 Å². The summed E-state index contributed by atoms with van der Waals surface area (Å²) in [5, 5.41) is 7.55. The maximum Gasteiger partial charge on any atom is 0.251 e. The highest BCUT2D eigenvalue weighted by molar-refractivity contribution is 5.95. The van der Waals surface area contributed by atoms with E-state index in [1.807, 2.05) is 22.9 Å². The molecule has 0 bridgehead atoms. The third-order valence-electron chi connectivity index (χ3n) is 5.01. The molecule has 0 fully saturated rings. The number of amides is 1. The van der Waals surface area contributed by atoms with Crippen LogP contribution >= 0.6 is 0 Å². The van der Waals surface area contributed by atoms with Crippen LogP contribution in [0.3, 0.4) is 0 Å². The van der Waals surface area contributed by atoms with Crippen molar-refractivity contribution in [3.8, 4) is 0 Å². The number of ether oxygens (including phenoxy) is 1. The molecule has 5 nitrogen and oxygen atoms in total. The Morgan fingerprint density at radius 3 is 2.89 bits per heavy atom. The predicted octanol–water partition coefficient (Wildman–Crippen LogP) is 3.42.